The molecule has 2 aromatic carbocycles. The van der Waals surface area contributed by atoms with Crippen molar-refractivity contribution < 1.29 is 19.1 Å². The number of aromatic nitrogens is 3. The van der Waals surface area contributed by atoms with Crippen LogP contribution in [0.3, 0.4) is 0 Å². The third kappa shape index (κ3) is 6.27. The van der Waals surface area contributed by atoms with Crippen LogP contribution in [0.4, 0.5) is 0 Å². The van der Waals surface area contributed by atoms with E-state index >= 15 is 0 Å². The van der Waals surface area contributed by atoms with Crippen LogP contribution in [-0.4, -0.2) is 93.4 Å². The fourth-order valence-corrected chi connectivity index (χ4v) is 7.09. The van der Waals surface area contributed by atoms with Gasteiger partial charge < -0.3 is 30.9 Å². The van der Waals surface area contributed by atoms with E-state index in [1.54, 1.807) is 16.7 Å². The number of rotatable bonds is 10. The molecule has 3 aliphatic rings. The first-order chi connectivity index (χ1) is 21.3. The lowest BCUT2D eigenvalue weighted by atomic mass is 9.96. The summed E-state index contributed by atoms with van der Waals surface area (Å²) in [5.74, 6) is 0.443. The smallest absolute Gasteiger partial charge is 0.243 e. The van der Waals surface area contributed by atoms with Gasteiger partial charge in [-0.25, -0.2) is 4.68 Å². The van der Waals surface area contributed by atoms with Crippen molar-refractivity contribution in [3.05, 3.63) is 53.6 Å². The molecule has 0 aliphatic carbocycles. The lowest BCUT2D eigenvalue weighted by molar-refractivity contribution is -0.140. The maximum Gasteiger partial charge on any atom is 0.243 e. The van der Waals surface area contributed by atoms with Crippen LogP contribution in [0.1, 0.15) is 43.2 Å². The van der Waals surface area contributed by atoms with Crippen molar-refractivity contribution in [2.45, 2.75) is 69.2 Å². The van der Waals surface area contributed by atoms with E-state index in [-0.39, 0.29) is 48.6 Å². The van der Waals surface area contributed by atoms with E-state index in [1.165, 1.54) is 0 Å². The summed E-state index contributed by atoms with van der Waals surface area (Å²) in [6.07, 6.45) is 3.77. The SMILES string of the molecule is COc1ccc(C[C@@H]2C[C@@H](C(=O)NCc3ccc4c(c3)nnn4C)N(C(=O)[C@H](N)CCC(=O)N3C4CCC3CNC4)C2)cc1. The van der Waals surface area contributed by atoms with Gasteiger partial charge in [-0.1, -0.05) is 23.4 Å². The number of benzene rings is 2. The monoisotopic (exact) mass is 602 g/mol. The normalized spacial score (nSPS) is 23.6. The maximum atomic E-state index is 13.7. The minimum absolute atomic E-state index is 0.0652. The standard InChI is InChI=1S/C32H42N8O4/c1-38-28-11-5-21(14-27(28)36-37-38)16-35-31(42)29-15-22(13-20-3-8-25(44-2)9-4-20)19-39(29)32(43)26(33)10-12-30(41)40-23-6-7-24(40)18-34-17-23/h3-5,8-9,11,14,22-24,26,29,34H,6-7,10,12-13,15-19,33H2,1-2H3,(H,35,42)/t22-,23?,24?,26-,29+/m1/s1. The van der Waals surface area contributed by atoms with Crippen LogP contribution in [0.15, 0.2) is 42.5 Å². The fourth-order valence-electron chi connectivity index (χ4n) is 7.09. The molecule has 6 rings (SSSR count). The average Bonchev–Trinajstić information content (AvgIpc) is 3.71. The molecule has 0 spiro atoms. The molecule has 2 bridgehead atoms. The first-order valence-electron chi connectivity index (χ1n) is 15.6. The minimum Gasteiger partial charge on any atom is -0.497 e. The summed E-state index contributed by atoms with van der Waals surface area (Å²) in [5, 5.41) is 14.6. The quantitative estimate of drug-likeness (QED) is 0.313. The van der Waals surface area contributed by atoms with Crippen LogP contribution < -0.4 is 21.1 Å². The molecule has 5 atom stereocenters. The largest absolute Gasteiger partial charge is 0.497 e. The molecule has 12 heteroatoms. The van der Waals surface area contributed by atoms with Gasteiger partial charge in [0.05, 0.1) is 18.7 Å². The van der Waals surface area contributed by atoms with Gasteiger partial charge in [0.1, 0.15) is 17.3 Å². The van der Waals surface area contributed by atoms with Gasteiger partial charge in [0, 0.05) is 51.7 Å². The minimum atomic E-state index is -0.853. The summed E-state index contributed by atoms with van der Waals surface area (Å²) in [7, 11) is 3.47. The predicted octanol–water partition coefficient (Wildman–Crippen LogP) is 1.12. The highest BCUT2D eigenvalue weighted by Gasteiger charge is 2.42. The molecular weight excluding hydrogens is 560 g/mol. The number of amides is 3. The Balaban J connectivity index is 1.11. The van der Waals surface area contributed by atoms with Gasteiger partial charge in [-0.05, 0) is 73.4 Å². The second-order valence-electron chi connectivity index (χ2n) is 12.4. The number of hydrogen-bond donors (Lipinski definition) is 3. The molecule has 0 saturated carbocycles. The number of likely N-dealkylation sites (tertiary alicyclic amines) is 1. The molecule has 1 aromatic heterocycles. The van der Waals surface area contributed by atoms with Crippen molar-refractivity contribution in [2.24, 2.45) is 18.7 Å². The van der Waals surface area contributed by atoms with Crippen molar-refractivity contribution in [1.82, 2.24) is 35.4 Å². The molecule has 4 heterocycles. The van der Waals surface area contributed by atoms with Crippen LogP contribution >= 0.6 is 0 Å². The highest BCUT2D eigenvalue weighted by Crippen LogP contribution is 2.30. The summed E-state index contributed by atoms with van der Waals surface area (Å²) in [6, 6.07) is 12.6. The Labute approximate surface area is 257 Å². The molecule has 3 aromatic rings. The van der Waals surface area contributed by atoms with Crippen LogP contribution in [0, 0.1) is 5.92 Å². The molecule has 2 unspecified atom stereocenters. The molecule has 3 amide bonds. The van der Waals surface area contributed by atoms with E-state index in [0.717, 1.165) is 60.3 Å². The van der Waals surface area contributed by atoms with Gasteiger partial charge in [0.15, 0.2) is 0 Å². The first kappa shape index (κ1) is 30.0. The lowest BCUT2D eigenvalue weighted by Gasteiger charge is -2.35. The molecule has 12 nitrogen and oxygen atoms in total. The summed E-state index contributed by atoms with van der Waals surface area (Å²) in [4.78, 5) is 44.1. The number of nitrogens with zero attached hydrogens (tertiary/aromatic N) is 5. The molecule has 234 valence electrons. The van der Waals surface area contributed by atoms with Gasteiger partial charge in [0.2, 0.25) is 17.7 Å². The molecule has 3 fully saturated rings. The third-order valence-corrected chi connectivity index (χ3v) is 9.45. The number of nitrogens with one attached hydrogen (secondary N) is 2. The fraction of sp³-hybridized carbons (Fsp3) is 0.531. The Hall–Kier alpha value is -4.03. The van der Waals surface area contributed by atoms with Gasteiger partial charge in [-0.2, -0.15) is 0 Å². The highest BCUT2D eigenvalue weighted by molar-refractivity contribution is 5.91. The number of nitrogens with two attached hydrogens (primary N) is 1. The van der Waals surface area contributed by atoms with Gasteiger partial charge in [-0.3, -0.25) is 14.4 Å². The number of ether oxygens (including phenoxy) is 1. The van der Waals surface area contributed by atoms with Crippen molar-refractivity contribution in [1.29, 1.82) is 0 Å². The Morgan fingerprint density at radius 2 is 1.82 bits per heavy atom. The highest BCUT2D eigenvalue weighted by atomic mass is 16.5. The van der Waals surface area contributed by atoms with Gasteiger partial charge in [0.25, 0.3) is 0 Å². The number of carbonyl (C=O) groups is 3. The number of aryl methyl sites for hydroxylation is 1. The number of hydrogen-bond acceptors (Lipinski definition) is 8. The number of fused-ring (bicyclic) bond motifs is 3. The second kappa shape index (κ2) is 12.9. The molecule has 3 aliphatic heterocycles. The zero-order chi connectivity index (χ0) is 30.8. The Morgan fingerprint density at radius 3 is 2.55 bits per heavy atom. The van der Waals surface area contributed by atoms with Crippen molar-refractivity contribution >= 4 is 28.8 Å². The van der Waals surface area contributed by atoms with E-state index in [0.29, 0.717) is 19.5 Å². The lowest BCUT2D eigenvalue weighted by Crippen LogP contribution is -2.54. The van der Waals surface area contributed by atoms with E-state index in [2.05, 4.69) is 20.9 Å². The molecule has 3 saturated heterocycles. The Kier molecular flexibility index (Phi) is 8.81. The summed E-state index contributed by atoms with van der Waals surface area (Å²) < 4.78 is 6.99. The second-order valence-corrected chi connectivity index (χ2v) is 12.4. The maximum absolute atomic E-state index is 13.7. The third-order valence-electron chi connectivity index (χ3n) is 9.45. The van der Waals surface area contributed by atoms with E-state index < -0.39 is 12.1 Å². The number of methoxy groups -OCH3 is 1. The molecule has 4 N–H and O–H groups in total. The summed E-state index contributed by atoms with van der Waals surface area (Å²) in [5.41, 5.74) is 10.1. The van der Waals surface area contributed by atoms with Crippen LogP contribution in [0.2, 0.25) is 0 Å². The van der Waals surface area contributed by atoms with E-state index in [9.17, 15) is 14.4 Å². The number of carbonyl (C=O) groups excluding carboxylic acids is 3. The summed E-state index contributed by atoms with van der Waals surface area (Å²) in [6.45, 7) is 2.37. The zero-order valence-corrected chi connectivity index (χ0v) is 25.4. The van der Waals surface area contributed by atoms with Gasteiger partial charge in [-0.15, -0.1) is 5.10 Å². The Morgan fingerprint density at radius 1 is 1.09 bits per heavy atom. The van der Waals surface area contributed by atoms with Crippen molar-refractivity contribution in [3.8, 4) is 5.75 Å². The zero-order valence-electron chi connectivity index (χ0n) is 25.4. The first-order valence-corrected chi connectivity index (χ1v) is 15.6. The molecular formula is C32H42N8O4. The van der Waals surface area contributed by atoms with Crippen molar-refractivity contribution in [3.63, 3.8) is 0 Å². The Bertz CT molecular complexity index is 1490. The summed E-state index contributed by atoms with van der Waals surface area (Å²) >= 11 is 0. The van der Waals surface area contributed by atoms with Crippen LogP contribution in [0.25, 0.3) is 11.0 Å². The van der Waals surface area contributed by atoms with Crippen LogP contribution in [-0.2, 0) is 34.4 Å². The van der Waals surface area contributed by atoms with E-state index in [1.807, 2.05) is 54.4 Å². The topological polar surface area (TPSA) is 148 Å². The molecule has 0 radical (unpaired) electrons. The van der Waals surface area contributed by atoms with Gasteiger partial charge >= 0.3 is 0 Å². The van der Waals surface area contributed by atoms with E-state index in [4.69, 9.17) is 10.5 Å². The number of piperazine rings is 1. The molecule has 44 heavy (non-hydrogen) atoms. The average molecular weight is 603 g/mol. The van der Waals surface area contributed by atoms with Crippen LogP contribution in [0.5, 0.6) is 5.75 Å². The predicted molar refractivity (Wildman–Crippen MR) is 164 cm³/mol. The van der Waals surface area contributed by atoms with Crippen molar-refractivity contribution in [2.75, 3.05) is 26.7 Å².